The normalized spacial score (nSPS) is 19.6. The fraction of sp³-hybridized carbons (Fsp3) is 0.529. The van der Waals surface area contributed by atoms with Crippen molar-refractivity contribution in [2.45, 2.75) is 37.1 Å². The molecule has 148 valence electrons. The van der Waals surface area contributed by atoms with Gasteiger partial charge in [-0.1, -0.05) is 11.6 Å². The lowest BCUT2D eigenvalue weighted by Crippen LogP contribution is -2.50. The Bertz CT molecular complexity index is 837. The molecule has 10 heteroatoms. The number of benzene rings is 1. The Kier molecular flexibility index (Phi) is 5.92. The predicted molar refractivity (Wildman–Crippen MR) is 100 cm³/mol. The standard InChI is InChI=1S/C17H22ClN3O5S/c1-12(22)19-16-4-3-14(11-15(16)18)27(24,25)20-8-5-13(6-9-20)21-7-2-10-26-17(21)23/h3-4,11,13H,2,5-10H2,1H3,(H,19,22). The van der Waals surface area contributed by atoms with Crippen molar-refractivity contribution in [2.24, 2.45) is 0 Å². The van der Waals surface area contributed by atoms with Crippen molar-refractivity contribution in [2.75, 3.05) is 31.6 Å². The molecule has 3 rings (SSSR count). The third-order valence-electron chi connectivity index (χ3n) is 4.76. The van der Waals surface area contributed by atoms with Gasteiger partial charge in [-0.15, -0.1) is 0 Å². The van der Waals surface area contributed by atoms with Crippen LogP contribution in [0.25, 0.3) is 0 Å². The van der Waals surface area contributed by atoms with Crippen molar-refractivity contribution >= 4 is 39.3 Å². The van der Waals surface area contributed by atoms with Gasteiger partial charge in [0.05, 0.1) is 22.2 Å². The van der Waals surface area contributed by atoms with Crippen LogP contribution in [-0.2, 0) is 19.6 Å². The summed E-state index contributed by atoms with van der Waals surface area (Å²) in [6.45, 7) is 3.08. The fourth-order valence-corrected chi connectivity index (χ4v) is 5.18. The molecule has 0 atom stereocenters. The second kappa shape index (κ2) is 8.04. The van der Waals surface area contributed by atoms with E-state index in [0.717, 1.165) is 6.42 Å². The third kappa shape index (κ3) is 4.36. The van der Waals surface area contributed by atoms with Gasteiger partial charge in [0.15, 0.2) is 0 Å². The molecule has 2 heterocycles. The lowest BCUT2D eigenvalue weighted by molar-refractivity contribution is -0.114. The maximum absolute atomic E-state index is 12.9. The van der Waals surface area contributed by atoms with Crippen LogP contribution in [0.3, 0.4) is 0 Å². The van der Waals surface area contributed by atoms with Crippen molar-refractivity contribution in [3.63, 3.8) is 0 Å². The summed E-state index contributed by atoms with van der Waals surface area (Å²) >= 11 is 6.10. The van der Waals surface area contributed by atoms with E-state index in [2.05, 4.69) is 5.32 Å². The highest BCUT2D eigenvalue weighted by Gasteiger charge is 2.35. The van der Waals surface area contributed by atoms with Crippen LogP contribution >= 0.6 is 11.6 Å². The number of carbonyl (C=O) groups is 2. The van der Waals surface area contributed by atoms with E-state index in [9.17, 15) is 18.0 Å². The Morgan fingerprint density at radius 3 is 2.56 bits per heavy atom. The molecule has 0 spiro atoms. The van der Waals surface area contributed by atoms with E-state index in [1.54, 1.807) is 4.90 Å². The first-order valence-corrected chi connectivity index (χ1v) is 10.6. The maximum atomic E-state index is 12.9. The topological polar surface area (TPSA) is 96.0 Å². The smallest absolute Gasteiger partial charge is 0.410 e. The summed E-state index contributed by atoms with van der Waals surface area (Å²) in [7, 11) is -3.70. The number of hydrogen-bond donors (Lipinski definition) is 1. The van der Waals surface area contributed by atoms with E-state index >= 15 is 0 Å². The van der Waals surface area contributed by atoms with Gasteiger partial charge in [-0.2, -0.15) is 4.31 Å². The summed E-state index contributed by atoms with van der Waals surface area (Å²) in [5.41, 5.74) is 0.366. The van der Waals surface area contributed by atoms with E-state index in [0.29, 0.717) is 44.8 Å². The quantitative estimate of drug-likeness (QED) is 0.813. The Morgan fingerprint density at radius 1 is 1.26 bits per heavy atom. The van der Waals surface area contributed by atoms with Gasteiger partial charge < -0.3 is 15.0 Å². The van der Waals surface area contributed by atoms with Crippen LogP contribution in [0.15, 0.2) is 23.1 Å². The molecule has 0 saturated carbocycles. The molecule has 27 heavy (non-hydrogen) atoms. The number of cyclic esters (lactones) is 1. The number of ether oxygens (including phenoxy) is 1. The average molecular weight is 416 g/mol. The van der Waals surface area contributed by atoms with Crippen LogP contribution in [0, 0.1) is 0 Å². The van der Waals surface area contributed by atoms with Crippen molar-refractivity contribution in [3.8, 4) is 0 Å². The number of nitrogens with one attached hydrogen (secondary N) is 1. The fourth-order valence-electron chi connectivity index (χ4n) is 3.39. The van der Waals surface area contributed by atoms with Gasteiger partial charge in [-0.25, -0.2) is 13.2 Å². The van der Waals surface area contributed by atoms with Gasteiger partial charge in [0.1, 0.15) is 0 Å². The molecule has 0 unspecified atom stereocenters. The third-order valence-corrected chi connectivity index (χ3v) is 6.96. The summed E-state index contributed by atoms with van der Waals surface area (Å²) in [5.74, 6) is -0.286. The van der Waals surface area contributed by atoms with Gasteiger partial charge in [0.2, 0.25) is 15.9 Å². The highest BCUT2D eigenvalue weighted by Crippen LogP contribution is 2.29. The number of anilines is 1. The number of sulfonamides is 1. The Hall–Kier alpha value is -1.84. The van der Waals surface area contributed by atoms with Crippen molar-refractivity contribution in [1.82, 2.24) is 9.21 Å². The lowest BCUT2D eigenvalue weighted by Gasteiger charge is -2.39. The lowest BCUT2D eigenvalue weighted by atomic mass is 10.0. The molecule has 2 aliphatic heterocycles. The van der Waals surface area contributed by atoms with Crippen molar-refractivity contribution in [1.29, 1.82) is 0 Å². The first-order valence-electron chi connectivity index (χ1n) is 8.80. The number of halogens is 1. The summed E-state index contributed by atoms with van der Waals surface area (Å²) in [5, 5.41) is 2.71. The highest BCUT2D eigenvalue weighted by atomic mass is 35.5. The minimum Gasteiger partial charge on any atom is -0.449 e. The molecule has 1 aromatic carbocycles. The first-order chi connectivity index (χ1) is 12.8. The van der Waals surface area contributed by atoms with Crippen molar-refractivity contribution < 1.29 is 22.7 Å². The number of rotatable bonds is 4. The van der Waals surface area contributed by atoms with Crippen LogP contribution in [0.5, 0.6) is 0 Å². The number of piperidine rings is 1. The molecule has 0 bridgehead atoms. The van der Waals surface area contributed by atoms with E-state index < -0.39 is 10.0 Å². The predicted octanol–water partition coefficient (Wildman–Crippen LogP) is 2.29. The number of hydrogen-bond acceptors (Lipinski definition) is 5. The van der Waals surface area contributed by atoms with Gasteiger partial charge in [0.25, 0.3) is 0 Å². The summed E-state index contributed by atoms with van der Waals surface area (Å²) in [6, 6.07) is 4.25. The van der Waals surface area contributed by atoms with Crippen molar-refractivity contribution in [3.05, 3.63) is 23.2 Å². The first kappa shape index (κ1) is 19.9. The maximum Gasteiger partial charge on any atom is 0.410 e. The second-order valence-electron chi connectivity index (χ2n) is 6.62. The molecule has 0 aliphatic carbocycles. The van der Waals surface area contributed by atoms with Gasteiger partial charge in [-0.3, -0.25) is 4.79 Å². The highest BCUT2D eigenvalue weighted by molar-refractivity contribution is 7.89. The Labute approximate surface area is 163 Å². The van der Waals surface area contributed by atoms with Gasteiger partial charge in [0, 0.05) is 32.6 Å². The molecule has 8 nitrogen and oxygen atoms in total. The SMILES string of the molecule is CC(=O)Nc1ccc(S(=O)(=O)N2CCC(N3CCCOC3=O)CC2)cc1Cl. The number of amides is 2. The Morgan fingerprint density at radius 2 is 1.96 bits per heavy atom. The zero-order valence-corrected chi connectivity index (χ0v) is 16.6. The zero-order chi connectivity index (χ0) is 19.6. The minimum absolute atomic E-state index is 0.00465. The molecular formula is C17H22ClN3O5S. The van der Waals surface area contributed by atoms with Crippen LogP contribution in [0.2, 0.25) is 5.02 Å². The summed E-state index contributed by atoms with van der Waals surface area (Å²) in [4.78, 5) is 24.8. The molecule has 0 aromatic heterocycles. The average Bonchev–Trinajstić information content (AvgIpc) is 2.63. The molecular weight excluding hydrogens is 394 g/mol. The monoisotopic (exact) mass is 415 g/mol. The van der Waals surface area contributed by atoms with Gasteiger partial charge >= 0.3 is 6.09 Å². The minimum atomic E-state index is -3.70. The second-order valence-corrected chi connectivity index (χ2v) is 8.96. The van der Waals surface area contributed by atoms with Crippen LogP contribution in [0.4, 0.5) is 10.5 Å². The number of nitrogens with zero attached hydrogens (tertiary/aromatic N) is 2. The molecule has 2 fully saturated rings. The molecule has 0 radical (unpaired) electrons. The van der Waals surface area contributed by atoms with Crippen LogP contribution in [0.1, 0.15) is 26.2 Å². The summed E-state index contributed by atoms with van der Waals surface area (Å²) < 4.78 is 32.3. The van der Waals surface area contributed by atoms with Gasteiger partial charge in [-0.05, 0) is 37.5 Å². The van der Waals surface area contributed by atoms with Crippen LogP contribution in [-0.4, -0.2) is 61.9 Å². The zero-order valence-electron chi connectivity index (χ0n) is 15.0. The van der Waals surface area contributed by atoms with E-state index in [-0.39, 0.29) is 28.0 Å². The van der Waals surface area contributed by atoms with E-state index in [1.807, 2.05) is 0 Å². The molecule has 2 amide bonds. The van der Waals surface area contributed by atoms with Crippen LogP contribution < -0.4 is 5.32 Å². The Balaban J connectivity index is 1.69. The molecule has 1 N–H and O–H groups in total. The molecule has 2 saturated heterocycles. The van der Waals surface area contributed by atoms with E-state index in [4.69, 9.17) is 16.3 Å². The van der Waals surface area contributed by atoms with E-state index in [1.165, 1.54) is 29.4 Å². The molecule has 1 aromatic rings. The largest absolute Gasteiger partial charge is 0.449 e. The molecule has 2 aliphatic rings. The number of carbonyl (C=O) groups excluding carboxylic acids is 2. The summed E-state index contributed by atoms with van der Waals surface area (Å²) in [6.07, 6.45) is 1.60.